The van der Waals surface area contributed by atoms with E-state index in [2.05, 4.69) is 36.6 Å². The molecule has 0 spiro atoms. The van der Waals surface area contributed by atoms with Crippen LogP contribution in [-0.4, -0.2) is 48.6 Å². The molecule has 1 fully saturated rings. The van der Waals surface area contributed by atoms with Crippen LogP contribution in [0.25, 0.3) is 0 Å². The van der Waals surface area contributed by atoms with Gasteiger partial charge in [-0.05, 0) is 26.8 Å². The van der Waals surface area contributed by atoms with Gasteiger partial charge in [0, 0.05) is 55.6 Å². The molecule has 0 aliphatic carbocycles. The van der Waals surface area contributed by atoms with Crippen LogP contribution in [0.1, 0.15) is 26.3 Å². The summed E-state index contributed by atoms with van der Waals surface area (Å²) in [7, 11) is 1.70. The van der Waals surface area contributed by atoms with Crippen molar-refractivity contribution in [3.63, 3.8) is 0 Å². The summed E-state index contributed by atoms with van der Waals surface area (Å²) in [6, 6.07) is 5.92. The van der Waals surface area contributed by atoms with Crippen molar-refractivity contribution in [2.45, 2.75) is 32.9 Å². The van der Waals surface area contributed by atoms with Gasteiger partial charge in [0.25, 0.3) is 0 Å². The van der Waals surface area contributed by atoms with Crippen LogP contribution in [0.5, 0.6) is 5.75 Å². The minimum Gasteiger partial charge on any atom is -0.496 e. The molecule has 1 heterocycles. The number of anilines is 1. The van der Waals surface area contributed by atoms with Crippen molar-refractivity contribution in [1.29, 1.82) is 0 Å². The number of hydrogen-bond donors (Lipinski definition) is 1. The van der Waals surface area contributed by atoms with Gasteiger partial charge in [-0.2, -0.15) is 0 Å². The average Bonchev–Trinajstić information content (AvgIpc) is 2.40. The predicted molar refractivity (Wildman–Crippen MR) is 84.0 cm³/mol. The van der Waals surface area contributed by atoms with Gasteiger partial charge in [-0.1, -0.05) is 6.07 Å². The molecule has 1 aliphatic rings. The fourth-order valence-electron chi connectivity index (χ4n) is 2.71. The molecule has 0 aromatic heterocycles. The Hall–Kier alpha value is -1.26. The third-order valence-electron chi connectivity index (χ3n) is 4.03. The van der Waals surface area contributed by atoms with Crippen LogP contribution in [0.15, 0.2) is 18.2 Å². The Morgan fingerprint density at radius 3 is 2.35 bits per heavy atom. The number of methoxy groups -OCH3 is 1. The maximum absolute atomic E-state index is 5.80. The van der Waals surface area contributed by atoms with Crippen LogP contribution in [0.4, 0.5) is 5.69 Å². The van der Waals surface area contributed by atoms with Gasteiger partial charge in [0.2, 0.25) is 0 Å². The summed E-state index contributed by atoms with van der Waals surface area (Å²) in [4.78, 5) is 5.03. The number of nitrogens with two attached hydrogens (primary N) is 1. The molecule has 0 atom stereocenters. The lowest BCUT2D eigenvalue weighted by Gasteiger charge is -2.42. The van der Waals surface area contributed by atoms with E-state index in [0.717, 1.165) is 44.2 Å². The van der Waals surface area contributed by atoms with Crippen LogP contribution in [0.2, 0.25) is 0 Å². The van der Waals surface area contributed by atoms with Gasteiger partial charge >= 0.3 is 0 Å². The lowest BCUT2D eigenvalue weighted by molar-refractivity contribution is 0.0588. The quantitative estimate of drug-likeness (QED) is 0.860. The van der Waals surface area contributed by atoms with Crippen molar-refractivity contribution in [2.75, 3.05) is 39.0 Å². The first-order valence-electron chi connectivity index (χ1n) is 7.30. The van der Waals surface area contributed by atoms with Gasteiger partial charge < -0.3 is 10.5 Å². The van der Waals surface area contributed by atoms with Crippen LogP contribution >= 0.6 is 0 Å². The van der Waals surface area contributed by atoms with Crippen molar-refractivity contribution in [2.24, 2.45) is 0 Å². The Balaban J connectivity index is 1.96. The maximum Gasteiger partial charge on any atom is 0.125 e. The Morgan fingerprint density at radius 2 is 1.80 bits per heavy atom. The molecular formula is C16H27N3O. The van der Waals surface area contributed by atoms with E-state index in [1.165, 1.54) is 5.56 Å². The van der Waals surface area contributed by atoms with Gasteiger partial charge in [-0.25, -0.2) is 0 Å². The molecule has 4 nitrogen and oxygen atoms in total. The third kappa shape index (κ3) is 3.64. The van der Waals surface area contributed by atoms with Crippen LogP contribution < -0.4 is 10.5 Å². The maximum atomic E-state index is 5.80. The predicted octanol–water partition coefficient (Wildman–Crippen LogP) is 2.19. The van der Waals surface area contributed by atoms with Crippen LogP contribution in [0.3, 0.4) is 0 Å². The Morgan fingerprint density at radius 1 is 1.15 bits per heavy atom. The molecule has 1 saturated heterocycles. The largest absolute Gasteiger partial charge is 0.496 e. The number of ether oxygens (including phenoxy) is 1. The minimum absolute atomic E-state index is 0.269. The monoisotopic (exact) mass is 277 g/mol. The highest BCUT2D eigenvalue weighted by Gasteiger charge is 2.25. The zero-order valence-electron chi connectivity index (χ0n) is 13.1. The summed E-state index contributed by atoms with van der Waals surface area (Å²) in [6.07, 6.45) is 0. The fraction of sp³-hybridized carbons (Fsp3) is 0.625. The smallest absolute Gasteiger partial charge is 0.125 e. The fourth-order valence-corrected chi connectivity index (χ4v) is 2.71. The number of nitrogens with zero attached hydrogens (tertiary/aromatic N) is 2. The van der Waals surface area contributed by atoms with Crippen molar-refractivity contribution in [1.82, 2.24) is 9.80 Å². The number of piperazine rings is 1. The van der Waals surface area contributed by atoms with Gasteiger partial charge in [-0.3, -0.25) is 9.80 Å². The normalized spacial score (nSPS) is 18.2. The lowest BCUT2D eigenvalue weighted by atomic mass is 10.0. The highest BCUT2D eigenvalue weighted by Crippen LogP contribution is 2.24. The van der Waals surface area contributed by atoms with E-state index in [-0.39, 0.29) is 5.54 Å². The average molecular weight is 277 g/mol. The molecule has 2 N–H and O–H groups in total. The second kappa shape index (κ2) is 6.02. The molecule has 112 valence electrons. The molecule has 0 radical (unpaired) electrons. The number of hydrogen-bond acceptors (Lipinski definition) is 4. The molecule has 2 rings (SSSR count). The molecule has 1 aromatic rings. The standard InChI is InChI=1S/C16H27N3O/c1-16(2,3)19-9-7-18(8-10-19)12-13-5-6-14(17)11-15(13)20-4/h5-6,11H,7-10,12,17H2,1-4H3. The zero-order valence-corrected chi connectivity index (χ0v) is 13.1. The van der Waals surface area contributed by atoms with E-state index < -0.39 is 0 Å². The summed E-state index contributed by atoms with van der Waals surface area (Å²) in [5.41, 5.74) is 8.04. The summed E-state index contributed by atoms with van der Waals surface area (Å²) >= 11 is 0. The molecule has 0 amide bonds. The van der Waals surface area contributed by atoms with E-state index in [1.54, 1.807) is 7.11 Å². The summed E-state index contributed by atoms with van der Waals surface area (Å²) in [5, 5.41) is 0. The van der Waals surface area contributed by atoms with Gasteiger partial charge in [0.1, 0.15) is 5.75 Å². The third-order valence-corrected chi connectivity index (χ3v) is 4.03. The SMILES string of the molecule is COc1cc(N)ccc1CN1CCN(C(C)(C)C)CC1. The van der Waals surface area contributed by atoms with Crippen molar-refractivity contribution in [3.8, 4) is 5.75 Å². The van der Waals surface area contributed by atoms with E-state index in [0.29, 0.717) is 0 Å². The first-order valence-corrected chi connectivity index (χ1v) is 7.30. The summed E-state index contributed by atoms with van der Waals surface area (Å²) in [5.74, 6) is 0.892. The molecule has 0 bridgehead atoms. The molecule has 0 unspecified atom stereocenters. The first-order chi connectivity index (χ1) is 9.40. The Labute approximate surface area is 122 Å². The highest BCUT2D eigenvalue weighted by molar-refractivity contribution is 5.48. The second-order valence-corrected chi connectivity index (χ2v) is 6.51. The minimum atomic E-state index is 0.269. The van der Waals surface area contributed by atoms with Crippen molar-refractivity contribution in [3.05, 3.63) is 23.8 Å². The van der Waals surface area contributed by atoms with E-state index >= 15 is 0 Å². The zero-order chi connectivity index (χ0) is 14.8. The van der Waals surface area contributed by atoms with Crippen molar-refractivity contribution >= 4 is 5.69 Å². The van der Waals surface area contributed by atoms with E-state index in [1.807, 2.05) is 12.1 Å². The molecule has 1 aromatic carbocycles. The van der Waals surface area contributed by atoms with E-state index in [9.17, 15) is 0 Å². The van der Waals surface area contributed by atoms with Crippen LogP contribution in [-0.2, 0) is 6.54 Å². The van der Waals surface area contributed by atoms with E-state index in [4.69, 9.17) is 10.5 Å². The topological polar surface area (TPSA) is 41.7 Å². The number of benzene rings is 1. The highest BCUT2D eigenvalue weighted by atomic mass is 16.5. The number of rotatable bonds is 3. The molecular weight excluding hydrogens is 250 g/mol. The second-order valence-electron chi connectivity index (χ2n) is 6.51. The Kier molecular flexibility index (Phi) is 4.55. The molecule has 0 saturated carbocycles. The van der Waals surface area contributed by atoms with Crippen LogP contribution in [0, 0.1) is 0 Å². The van der Waals surface area contributed by atoms with Gasteiger partial charge in [-0.15, -0.1) is 0 Å². The molecule has 1 aliphatic heterocycles. The summed E-state index contributed by atoms with van der Waals surface area (Å²) < 4.78 is 5.43. The molecule has 4 heteroatoms. The van der Waals surface area contributed by atoms with Crippen molar-refractivity contribution < 1.29 is 4.74 Å². The lowest BCUT2D eigenvalue weighted by Crippen LogP contribution is -2.53. The number of nitrogen functional groups attached to an aromatic ring is 1. The summed E-state index contributed by atoms with van der Waals surface area (Å²) in [6.45, 7) is 12.2. The molecule has 20 heavy (non-hydrogen) atoms. The van der Waals surface area contributed by atoms with Gasteiger partial charge in [0.15, 0.2) is 0 Å². The Bertz CT molecular complexity index is 446. The first kappa shape index (κ1) is 15.1. The van der Waals surface area contributed by atoms with Gasteiger partial charge in [0.05, 0.1) is 7.11 Å².